The highest BCUT2D eigenvalue weighted by molar-refractivity contribution is 5.68. The maximum atomic E-state index is 13.6. The lowest BCUT2D eigenvalue weighted by atomic mass is 9.91. The van der Waals surface area contributed by atoms with E-state index in [4.69, 9.17) is 9.47 Å². The van der Waals surface area contributed by atoms with Crippen molar-refractivity contribution >= 4 is 11.8 Å². The molecule has 1 aliphatic carbocycles. The van der Waals surface area contributed by atoms with Crippen molar-refractivity contribution < 1.29 is 29.1 Å². The topological polar surface area (TPSA) is 86.5 Å². The predicted molar refractivity (Wildman–Crippen MR) is 92.8 cm³/mol. The Hall–Kier alpha value is -1.90. The maximum absolute atomic E-state index is 13.6. The van der Waals surface area contributed by atoms with Crippen molar-refractivity contribution in [3.63, 3.8) is 0 Å². The Morgan fingerprint density at radius 3 is 2.62 bits per heavy atom. The lowest BCUT2D eigenvalue weighted by Gasteiger charge is -2.38. The number of benzene rings is 1. The van der Waals surface area contributed by atoms with Crippen molar-refractivity contribution in [2.45, 2.75) is 64.2 Å². The van der Waals surface area contributed by atoms with E-state index in [0.29, 0.717) is 12.8 Å². The van der Waals surface area contributed by atoms with E-state index in [1.54, 1.807) is 27.8 Å². The lowest BCUT2D eigenvalue weighted by molar-refractivity contribution is -0.991. The summed E-state index contributed by atoms with van der Waals surface area (Å²) in [5.74, 6) is -0.593. The summed E-state index contributed by atoms with van der Waals surface area (Å²) in [6, 6.07) is 3.07. The van der Waals surface area contributed by atoms with E-state index < -0.39 is 28.8 Å². The van der Waals surface area contributed by atoms with Crippen molar-refractivity contribution in [2.75, 3.05) is 7.05 Å². The van der Waals surface area contributed by atoms with Crippen molar-refractivity contribution in [1.82, 2.24) is 4.90 Å². The highest BCUT2D eigenvalue weighted by Crippen LogP contribution is 2.30. The van der Waals surface area contributed by atoms with Crippen LogP contribution in [0.3, 0.4) is 0 Å². The van der Waals surface area contributed by atoms with Crippen molar-refractivity contribution in [2.24, 2.45) is 0 Å². The molecule has 0 aromatic heterocycles. The zero-order valence-electron chi connectivity index (χ0n) is 15.6. The van der Waals surface area contributed by atoms with E-state index in [0.717, 1.165) is 25.0 Å². The number of hydrogen-bond acceptors (Lipinski definition) is 5. The molecular weight excluding hydrogens is 343 g/mol. The van der Waals surface area contributed by atoms with Gasteiger partial charge in [-0.3, -0.25) is 0 Å². The summed E-state index contributed by atoms with van der Waals surface area (Å²) in [6.07, 6.45) is 2.27. The Morgan fingerprint density at radius 2 is 2.00 bits per heavy atom. The second-order valence-electron chi connectivity index (χ2n) is 7.54. The third-order valence-corrected chi connectivity index (χ3v) is 4.30. The number of nitrogens with one attached hydrogen (secondary N) is 1. The second-order valence-corrected chi connectivity index (χ2v) is 7.54. The summed E-state index contributed by atoms with van der Waals surface area (Å²) in [7, 11) is 1.64. The molecule has 2 N–H and O–H groups in total. The fourth-order valence-corrected chi connectivity index (χ4v) is 3.06. The summed E-state index contributed by atoms with van der Waals surface area (Å²) in [5, 5.41) is 19.5. The number of amides is 1. The van der Waals surface area contributed by atoms with Gasteiger partial charge in [0.2, 0.25) is 5.69 Å². The van der Waals surface area contributed by atoms with Crippen molar-refractivity contribution in [3.05, 3.63) is 29.2 Å². The van der Waals surface area contributed by atoms with Gasteiger partial charge in [-0.15, -0.1) is 0 Å². The van der Waals surface area contributed by atoms with Crippen LogP contribution in [0.4, 0.5) is 14.9 Å². The average molecular weight is 370 g/mol. The molecule has 0 heterocycles. The summed E-state index contributed by atoms with van der Waals surface area (Å²) in [4.78, 5) is 13.9. The molecule has 26 heavy (non-hydrogen) atoms. The quantitative estimate of drug-likeness (QED) is 0.796. The minimum absolute atomic E-state index is 0.0213. The van der Waals surface area contributed by atoms with Crippen LogP contribution < -0.4 is 9.96 Å². The number of hydrogen-bond donors (Lipinski definition) is 2. The van der Waals surface area contributed by atoms with Crippen molar-refractivity contribution in [1.29, 1.82) is 0 Å². The Morgan fingerprint density at radius 1 is 1.35 bits per heavy atom. The number of ether oxygens (including phenoxy) is 2. The molecule has 8 heteroatoms. The standard InChI is InChI=1S/C18H27FN2O5/c1-18(2,3)26-17(22)20(4)13-7-5-6-8-15(13)25-16-11-12(19)9-10-14(16)21(23)24/h9-11,13,15,21,23H,5-8H2,1-4H3/t13-,15-/m1/s1. The molecule has 0 spiro atoms. The van der Waals surface area contributed by atoms with E-state index >= 15 is 0 Å². The maximum Gasteiger partial charge on any atom is 0.410 e. The largest absolute Gasteiger partial charge is 0.595 e. The highest BCUT2D eigenvalue weighted by Gasteiger charge is 2.35. The van der Waals surface area contributed by atoms with Crippen LogP contribution in [0.15, 0.2) is 18.2 Å². The van der Waals surface area contributed by atoms with Gasteiger partial charge in [-0.25, -0.2) is 14.4 Å². The minimum atomic E-state index is -1.19. The van der Waals surface area contributed by atoms with Gasteiger partial charge in [0, 0.05) is 19.2 Å². The SMILES string of the molecule is CN(C(=O)OC(C)(C)C)[C@@H]1CCCC[C@H]1Oc1cc(F)ccc1[NH+]([O-])O. The van der Waals surface area contributed by atoms with Gasteiger partial charge < -0.3 is 19.6 Å². The molecule has 1 aromatic rings. The molecule has 1 fully saturated rings. The molecule has 0 aliphatic heterocycles. The van der Waals surface area contributed by atoms with Gasteiger partial charge in [0.1, 0.15) is 17.5 Å². The first kappa shape index (κ1) is 20.4. The van der Waals surface area contributed by atoms with Gasteiger partial charge in [0.05, 0.1) is 6.04 Å². The van der Waals surface area contributed by atoms with Crippen LogP contribution in [-0.2, 0) is 4.74 Å². The fourth-order valence-electron chi connectivity index (χ4n) is 3.06. The first-order chi connectivity index (χ1) is 12.1. The lowest BCUT2D eigenvalue weighted by Crippen LogP contribution is -2.99. The monoisotopic (exact) mass is 370 g/mol. The normalized spacial score (nSPS) is 21.8. The third kappa shape index (κ3) is 5.30. The molecule has 1 amide bonds. The highest BCUT2D eigenvalue weighted by atomic mass is 19.1. The molecule has 0 saturated heterocycles. The predicted octanol–water partition coefficient (Wildman–Crippen LogP) is 2.79. The minimum Gasteiger partial charge on any atom is -0.595 e. The zero-order valence-corrected chi connectivity index (χ0v) is 15.6. The summed E-state index contributed by atoms with van der Waals surface area (Å²) >= 11 is 0. The van der Waals surface area contributed by atoms with Crippen LogP contribution in [0.1, 0.15) is 46.5 Å². The second kappa shape index (κ2) is 8.20. The molecule has 0 radical (unpaired) electrons. The number of likely N-dealkylation sites (N-methyl/N-ethyl adjacent to an activating group) is 1. The Kier molecular flexibility index (Phi) is 6.44. The number of quaternary nitrogens is 1. The first-order valence-corrected chi connectivity index (χ1v) is 8.74. The van der Waals surface area contributed by atoms with Crippen LogP contribution in [-0.4, -0.2) is 41.0 Å². The van der Waals surface area contributed by atoms with Crippen LogP contribution in [0.2, 0.25) is 0 Å². The average Bonchev–Trinajstić information content (AvgIpc) is 2.53. The molecular formula is C18H27FN2O5. The Bertz CT molecular complexity index is 632. The summed E-state index contributed by atoms with van der Waals surface area (Å²) in [6.45, 7) is 5.37. The van der Waals surface area contributed by atoms with Gasteiger partial charge in [-0.05, 0) is 46.1 Å². The zero-order chi connectivity index (χ0) is 19.5. The Labute approximate surface area is 152 Å². The van der Waals surface area contributed by atoms with Gasteiger partial charge in [-0.1, -0.05) is 6.42 Å². The van der Waals surface area contributed by atoms with Crippen LogP contribution >= 0.6 is 0 Å². The van der Waals surface area contributed by atoms with Crippen molar-refractivity contribution in [3.8, 4) is 5.75 Å². The molecule has 2 rings (SSSR count). The number of carbonyl (C=O) groups is 1. The van der Waals surface area contributed by atoms with Gasteiger partial charge >= 0.3 is 6.09 Å². The molecule has 1 aromatic carbocycles. The fraction of sp³-hybridized carbons (Fsp3) is 0.611. The van der Waals surface area contributed by atoms with E-state index in [-0.39, 0.29) is 17.5 Å². The number of rotatable bonds is 4. The number of carbonyl (C=O) groups excluding carboxylic acids is 1. The molecule has 146 valence electrons. The van der Waals surface area contributed by atoms with E-state index in [1.807, 2.05) is 0 Å². The van der Waals surface area contributed by atoms with Gasteiger partial charge in [-0.2, -0.15) is 5.23 Å². The van der Waals surface area contributed by atoms with Gasteiger partial charge in [0.25, 0.3) is 0 Å². The molecule has 7 nitrogen and oxygen atoms in total. The van der Waals surface area contributed by atoms with Crippen LogP contribution in [0.5, 0.6) is 5.75 Å². The Balaban J connectivity index is 2.19. The molecule has 3 atom stereocenters. The molecule has 0 bridgehead atoms. The van der Waals surface area contributed by atoms with Crippen LogP contribution in [0.25, 0.3) is 0 Å². The van der Waals surface area contributed by atoms with E-state index in [9.17, 15) is 19.6 Å². The number of nitrogens with zero attached hydrogens (tertiary/aromatic N) is 1. The van der Waals surface area contributed by atoms with E-state index in [2.05, 4.69) is 0 Å². The van der Waals surface area contributed by atoms with Crippen LogP contribution in [0, 0.1) is 11.0 Å². The summed E-state index contributed by atoms with van der Waals surface area (Å²) < 4.78 is 24.9. The van der Waals surface area contributed by atoms with E-state index in [1.165, 1.54) is 11.0 Å². The molecule has 1 unspecified atom stereocenters. The first-order valence-electron chi connectivity index (χ1n) is 8.74. The molecule has 1 aliphatic rings. The molecule has 1 saturated carbocycles. The third-order valence-electron chi connectivity index (χ3n) is 4.30. The summed E-state index contributed by atoms with van der Waals surface area (Å²) in [5.41, 5.74) is -0.717. The van der Waals surface area contributed by atoms with Gasteiger partial charge in [0.15, 0.2) is 5.75 Å². The number of halogens is 1. The smallest absolute Gasteiger partial charge is 0.410 e.